The number of hydrogen-bond acceptors (Lipinski definition) is 3. The van der Waals surface area contributed by atoms with Crippen molar-refractivity contribution in [2.75, 3.05) is 5.32 Å². The number of amides is 1. The maximum Gasteiger partial charge on any atom is 0.256 e. The minimum Gasteiger partial charge on any atom is -0.322 e. The molecule has 1 amide bonds. The predicted octanol–water partition coefficient (Wildman–Crippen LogP) is 3.63. The van der Waals surface area contributed by atoms with E-state index in [-0.39, 0.29) is 5.91 Å². The van der Waals surface area contributed by atoms with Gasteiger partial charge in [-0.3, -0.25) is 4.79 Å². The fourth-order valence-electron chi connectivity index (χ4n) is 1.99. The Balaban J connectivity index is 1.83. The molecule has 4 nitrogen and oxygen atoms in total. The first kappa shape index (κ1) is 13.5. The van der Waals surface area contributed by atoms with Crippen LogP contribution < -0.4 is 5.32 Å². The average Bonchev–Trinajstić information content (AvgIpc) is 3.10. The quantitative estimate of drug-likeness (QED) is 0.803. The molecule has 106 valence electrons. The van der Waals surface area contributed by atoms with Crippen molar-refractivity contribution in [1.29, 1.82) is 0 Å². The van der Waals surface area contributed by atoms with Crippen LogP contribution in [-0.2, 0) is 0 Å². The minimum atomic E-state index is -0.423. The lowest BCUT2D eigenvalue weighted by Crippen LogP contribution is -2.12. The van der Waals surface area contributed by atoms with Gasteiger partial charge in [0, 0.05) is 23.5 Å². The Morgan fingerprint density at radius 2 is 2.24 bits per heavy atom. The van der Waals surface area contributed by atoms with Crippen LogP contribution in [0.5, 0.6) is 0 Å². The summed E-state index contributed by atoms with van der Waals surface area (Å²) in [6.45, 7) is 1.87. The van der Waals surface area contributed by atoms with Crippen molar-refractivity contribution in [1.82, 2.24) is 9.55 Å². The molecule has 3 aromatic rings. The largest absolute Gasteiger partial charge is 0.322 e. The fourth-order valence-corrected chi connectivity index (χ4v) is 2.82. The van der Waals surface area contributed by atoms with Gasteiger partial charge in [0.1, 0.15) is 5.82 Å². The highest BCUT2D eigenvalue weighted by Gasteiger charge is 2.11. The first-order valence-corrected chi connectivity index (χ1v) is 7.21. The summed E-state index contributed by atoms with van der Waals surface area (Å²) in [5.41, 5.74) is 2.33. The van der Waals surface area contributed by atoms with Gasteiger partial charge in [0.15, 0.2) is 0 Å². The van der Waals surface area contributed by atoms with Gasteiger partial charge in [-0.15, -0.1) is 0 Å². The van der Waals surface area contributed by atoms with E-state index in [0.29, 0.717) is 16.9 Å². The van der Waals surface area contributed by atoms with Crippen molar-refractivity contribution in [3.8, 4) is 5.69 Å². The topological polar surface area (TPSA) is 46.9 Å². The Labute approximate surface area is 124 Å². The zero-order valence-corrected chi connectivity index (χ0v) is 12.0. The van der Waals surface area contributed by atoms with E-state index < -0.39 is 5.82 Å². The van der Waals surface area contributed by atoms with Crippen LogP contribution in [-0.4, -0.2) is 15.5 Å². The summed E-state index contributed by atoms with van der Waals surface area (Å²) in [4.78, 5) is 16.0. The van der Waals surface area contributed by atoms with E-state index in [1.807, 2.05) is 12.3 Å². The molecule has 0 bridgehead atoms. The molecule has 0 fully saturated rings. The number of benzene rings is 1. The predicted molar refractivity (Wildman–Crippen MR) is 80.5 cm³/mol. The molecule has 3 rings (SSSR count). The average molecular weight is 301 g/mol. The summed E-state index contributed by atoms with van der Waals surface area (Å²) < 4.78 is 15.7. The zero-order chi connectivity index (χ0) is 14.8. The van der Waals surface area contributed by atoms with E-state index in [0.717, 1.165) is 5.56 Å². The second kappa shape index (κ2) is 5.49. The molecule has 0 saturated heterocycles. The lowest BCUT2D eigenvalue weighted by Gasteiger charge is -2.08. The van der Waals surface area contributed by atoms with E-state index in [1.165, 1.54) is 23.7 Å². The summed E-state index contributed by atoms with van der Waals surface area (Å²) in [7, 11) is 0. The smallest absolute Gasteiger partial charge is 0.256 e. The molecule has 0 radical (unpaired) electrons. The number of thiophene rings is 1. The van der Waals surface area contributed by atoms with E-state index in [2.05, 4.69) is 10.3 Å². The molecular weight excluding hydrogens is 289 g/mol. The Morgan fingerprint density at radius 1 is 1.38 bits per heavy atom. The number of halogens is 1. The number of rotatable bonds is 3. The molecule has 2 aromatic heterocycles. The molecule has 6 heteroatoms. The molecule has 0 aliphatic heterocycles. The van der Waals surface area contributed by atoms with Crippen molar-refractivity contribution in [3.05, 3.63) is 64.6 Å². The first-order valence-electron chi connectivity index (χ1n) is 6.27. The molecule has 1 N–H and O–H groups in total. The highest BCUT2D eigenvalue weighted by Crippen LogP contribution is 2.20. The van der Waals surface area contributed by atoms with Gasteiger partial charge in [-0.1, -0.05) is 0 Å². The number of imidazole rings is 1. The zero-order valence-electron chi connectivity index (χ0n) is 11.2. The number of carbonyl (C=O) groups is 1. The van der Waals surface area contributed by atoms with Gasteiger partial charge in [-0.25, -0.2) is 9.37 Å². The first-order chi connectivity index (χ1) is 10.1. The van der Waals surface area contributed by atoms with Crippen LogP contribution in [0.15, 0.2) is 47.7 Å². The van der Waals surface area contributed by atoms with Gasteiger partial charge in [-0.2, -0.15) is 11.3 Å². The Morgan fingerprint density at radius 3 is 2.86 bits per heavy atom. The van der Waals surface area contributed by atoms with Gasteiger partial charge in [-0.05, 0) is 36.1 Å². The van der Waals surface area contributed by atoms with Gasteiger partial charge in [0.05, 0.1) is 17.6 Å². The molecule has 0 unspecified atom stereocenters. The molecule has 2 heterocycles. The summed E-state index contributed by atoms with van der Waals surface area (Å²) in [5.74, 6) is -0.656. The normalized spacial score (nSPS) is 10.6. The molecule has 0 saturated carbocycles. The lowest BCUT2D eigenvalue weighted by molar-refractivity contribution is 0.102. The number of nitrogens with zero attached hydrogens (tertiary/aromatic N) is 2. The van der Waals surface area contributed by atoms with Crippen LogP contribution in [0, 0.1) is 12.7 Å². The van der Waals surface area contributed by atoms with E-state index in [4.69, 9.17) is 0 Å². The van der Waals surface area contributed by atoms with E-state index in [9.17, 15) is 9.18 Å². The van der Waals surface area contributed by atoms with Crippen molar-refractivity contribution < 1.29 is 9.18 Å². The number of carbonyl (C=O) groups excluding carboxylic acids is 1. The van der Waals surface area contributed by atoms with Crippen LogP contribution in [0.3, 0.4) is 0 Å². The molecule has 21 heavy (non-hydrogen) atoms. The summed E-state index contributed by atoms with van der Waals surface area (Å²) in [6, 6.07) is 4.57. The lowest BCUT2D eigenvalue weighted by atomic mass is 10.2. The maximum absolute atomic E-state index is 14.1. The van der Waals surface area contributed by atoms with Crippen molar-refractivity contribution in [3.63, 3.8) is 0 Å². The number of aryl methyl sites for hydroxylation is 1. The van der Waals surface area contributed by atoms with Crippen LogP contribution in [0.2, 0.25) is 0 Å². The van der Waals surface area contributed by atoms with Gasteiger partial charge in [0.25, 0.3) is 5.91 Å². The molecule has 0 atom stereocenters. The third kappa shape index (κ3) is 2.71. The van der Waals surface area contributed by atoms with E-state index >= 15 is 0 Å². The third-order valence-corrected chi connectivity index (χ3v) is 3.95. The standard InChI is InChI=1S/C15H12FN3OS/c1-10-7-21-8-12(10)15(20)18-11-2-3-14(13(16)6-11)19-5-4-17-9-19/h2-9H,1H3,(H,18,20). The highest BCUT2D eigenvalue weighted by molar-refractivity contribution is 7.08. The number of aromatic nitrogens is 2. The number of hydrogen-bond donors (Lipinski definition) is 1. The van der Waals surface area contributed by atoms with Crippen molar-refractivity contribution in [2.24, 2.45) is 0 Å². The summed E-state index contributed by atoms with van der Waals surface area (Å²) in [5, 5.41) is 6.38. The highest BCUT2D eigenvalue weighted by atomic mass is 32.1. The molecular formula is C15H12FN3OS. The van der Waals surface area contributed by atoms with Crippen LogP contribution in [0.25, 0.3) is 5.69 Å². The van der Waals surface area contributed by atoms with Crippen molar-refractivity contribution in [2.45, 2.75) is 6.92 Å². The van der Waals surface area contributed by atoms with Gasteiger partial charge in [0.2, 0.25) is 0 Å². The fraction of sp³-hybridized carbons (Fsp3) is 0.0667. The van der Waals surface area contributed by atoms with Gasteiger partial charge < -0.3 is 9.88 Å². The molecule has 0 aliphatic rings. The van der Waals surface area contributed by atoms with Gasteiger partial charge >= 0.3 is 0 Å². The van der Waals surface area contributed by atoms with Crippen LogP contribution >= 0.6 is 11.3 Å². The SMILES string of the molecule is Cc1cscc1C(=O)Nc1ccc(-n2ccnc2)c(F)c1. The summed E-state index contributed by atoms with van der Waals surface area (Å²) in [6.07, 6.45) is 4.76. The molecule has 1 aromatic carbocycles. The van der Waals surface area contributed by atoms with Crippen LogP contribution in [0.4, 0.5) is 10.1 Å². The van der Waals surface area contributed by atoms with Crippen molar-refractivity contribution >= 4 is 22.9 Å². The number of anilines is 1. The summed E-state index contributed by atoms with van der Waals surface area (Å²) >= 11 is 1.46. The Hall–Kier alpha value is -2.47. The van der Waals surface area contributed by atoms with Crippen LogP contribution in [0.1, 0.15) is 15.9 Å². The Bertz CT molecular complexity index is 780. The maximum atomic E-state index is 14.1. The minimum absolute atomic E-state index is 0.233. The molecule has 0 spiro atoms. The third-order valence-electron chi connectivity index (χ3n) is 3.09. The van der Waals surface area contributed by atoms with E-state index in [1.54, 1.807) is 34.5 Å². The Kier molecular flexibility index (Phi) is 3.53. The monoisotopic (exact) mass is 301 g/mol. The second-order valence-electron chi connectivity index (χ2n) is 4.56. The molecule has 0 aliphatic carbocycles. The second-order valence-corrected chi connectivity index (χ2v) is 5.30. The number of nitrogens with one attached hydrogen (secondary N) is 1.